The topological polar surface area (TPSA) is 21.3 Å². The van der Waals surface area contributed by atoms with Crippen molar-refractivity contribution in [1.82, 2.24) is 5.32 Å². The van der Waals surface area contributed by atoms with Gasteiger partial charge in [0.2, 0.25) is 0 Å². The minimum absolute atomic E-state index is 0.828. The molecule has 74 valence electrons. The monoisotopic (exact) mass is 173 g/mol. The molecule has 0 unspecified atom stereocenters. The highest BCUT2D eigenvalue weighted by molar-refractivity contribution is 4.48. The third-order valence-electron chi connectivity index (χ3n) is 1.94. The lowest BCUT2D eigenvalue weighted by atomic mass is 10.1. The molecule has 0 aliphatic rings. The summed E-state index contributed by atoms with van der Waals surface area (Å²) in [5.74, 6) is 0. The van der Waals surface area contributed by atoms with Gasteiger partial charge in [0.15, 0.2) is 0 Å². The normalized spacial score (nSPS) is 10.5. The van der Waals surface area contributed by atoms with Gasteiger partial charge in [-0.25, -0.2) is 0 Å². The Balaban J connectivity index is 2.73. The maximum absolute atomic E-state index is 4.92. The molecule has 0 atom stereocenters. The van der Waals surface area contributed by atoms with Crippen molar-refractivity contribution >= 4 is 0 Å². The highest BCUT2D eigenvalue weighted by atomic mass is 16.5. The van der Waals surface area contributed by atoms with E-state index in [1.807, 2.05) is 0 Å². The van der Waals surface area contributed by atoms with Crippen LogP contribution in [0.4, 0.5) is 0 Å². The van der Waals surface area contributed by atoms with Crippen LogP contribution in [0.2, 0.25) is 0 Å². The van der Waals surface area contributed by atoms with Crippen molar-refractivity contribution in [2.45, 2.75) is 39.0 Å². The van der Waals surface area contributed by atoms with Gasteiger partial charge in [-0.1, -0.05) is 32.6 Å². The van der Waals surface area contributed by atoms with Crippen molar-refractivity contribution in [2.24, 2.45) is 0 Å². The largest absolute Gasteiger partial charge is 0.383 e. The lowest BCUT2D eigenvalue weighted by Crippen LogP contribution is -2.20. The van der Waals surface area contributed by atoms with Crippen LogP contribution < -0.4 is 5.32 Å². The van der Waals surface area contributed by atoms with Gasteiger partial charge in [-0.05, 0) is 13.0 Å². The van der Waals surface area contributed by atoms with Crippen LogP contribution in [0, 0.1) is 0 Å². The summed E-state index contributed by atoms with van der Waals surface area (Å²) in [4.78, 5) is 0. The zero-order chi connectivity index (χ0) is 9.07. The minimum atomic E-state index is 0.828. The average molecular weight is 173 g/mol. The van der Waals surface area contributed by atoms with Gasteiger partial charge < -0.3 is 10.1 Å². The molecule has 0 rings (SSSR count). The molecule has 0 aromatic rings. The van der Waals surface area contributed by atoms with E-state index < -0.39 is 0 Å². The van der Waals surface area contributed by atoms with Crippen molar-refractivity contribution in [3.05, 3.63) is 0 Å². The third-order valence-corrected chi connectivity index (χ3v) is 1.94. The summed E-state index contributed by atoms with van der Waals surface area (Å²) in [6, 6.07) is 0. The van der Waals surface area contributed by atoms with Gasteiger partial charge in [-0.3, -0.25) is 0 Å². The highest BCUT2D eigenvalue weighted by Gasteiger charge is 1.88. The Morgan fingerprint density at radius 2 is 1.75 bits per heavy atom. The average Bonchev–Trinajstić information content (AvgIpc) is 2.10. The number of nitrogens with one attached hydrogen (secondary N) is 1. The van der Waals surface area contributed by atoms with Gasteiger partial charge in [0.05, 0.1) is 6.61 Å². The van der Waals surface area contributed by atoms with Crippen LogP contribution in [-0.2, 0) is 4.74 Å². The quantitative estimate of drug-likeness (QED) is 0.540. The van der Waals surface area contributed by atoms with Gasteiger partial charge in [0.1, 0.15) is 0 Å². The predicted octanol–water partition coefficient (Wildman–Crippen LogP) is 2.19. The van der Waals surface area contributed by atoms with Crippen LogP contribution in [0.15, 0.2) is 0 Å². The van der Waals surface area contributed by atoms with Crippen LogP contribution in [0.1, 0.15) is 39.0 Å². The second-order valence-corrected chi connectivity index (χ2v) is 3.16. The Hall–Kier alpha value is -0.0800. The smallest absolute Gasteiger partial charge is 0.0587 e. The molecule has 0 aliphatic heterocycles. The first kappa shape index (κ1) is 11.9. The van der Waals surface area contributed by atoms with Gasteiger partial charge in [0, 0.05) is 13.7 Å². The fraction of sp³-hybridized carbons (Fsp3) is 1.00. The van der Waals surface area contributed by atoms with E-state index in [1.54, 1.807) is 7.11 Å². The molecule has 0 aromatic heterocycles. The van der Waals surface area contributed by atoms with Crippen molar-refractivity contribution < 1.29 is 4.74 Å². The van der Waals surface area contributed by atoms with Crippen molar-refractivity contribution in [1.29, 1.82) is 0 Å². The fourth-order valence-electron chi connectivity index (χ4n) is 1.15. The summed E-state index contributed by atoms with van der Waals surface area (Å²) >= 11 is 0. The Kier molecular flexibility index (Phi) is 10.8. The maximum Gasteiger partial charge on any atom is 0.0587 e. The molecule has 0 radical (unpaired) electrons. The highest BCUT2D eigenvalue weighted by Crippen LogP contribution is 2.00. The molecule has 2 nitrogen and oxygen atoms in total. The van der Waals surface area contributed by atoms with Crippen LogP contribution in [0.5, 0.6) is 0 Å². The van der Waals surface area contributed by atoms with Gasteiger partial charge in [-0.2, -0.15) is 0 Å². The van der Waals surface area contributed by atoms with Crippen LogP contribution in [0.3, 0.4) is 0 Å². The molecule has 0 spiro atoms. The van der Waals surface area contributed by atoms with E-state index in [1.165, 1.54) is 32.1 Å². The van der Waals surface area contributed by atoms with Crippen LogP contribution in [0.25, 0.3) is 0 Å². The lowest BCUT2D eigenvalue weighted by Gasteiger charge is -2.02. The van der Waals surface area contributed by atoms with Crippen molar-refractivity contribution in [3.63, 3.8) is 0 Å². The number of hydrogen-bond donors (Lipinski definition) is 1. The zero-order valence-electron chi connectivity index (χ0n) is 8.57. The van der Waals surface area contributed by atoms with E-state index in [-0.39, 0.29) is 0 Å². The molecule has 0 aromatic carbocycles. The molecule has 2 heteroatoms. The Labute approximate surface area is 76.7 Å². The summed E-state index contributed by atoms with van der Waals surface area (Å²) < 4.78 is 4.92. The Bertz CT molecular complexity index is 66.2. The van der Waals surface area contributed by atoms with Gasteiger partial charge >= 0.3 is 0 Å². The molecular weight excluding hydrogens is 150 g/mol. The summed E-state index contributed by atoms with van der Waals surface area (Å²) in [6.45, 7) is 5.21. The van der Waals surface area contributed by atoms with E-state index in [4.69, 9.17) is 4.74 Å². The Morgan fingerprint density at radius 1 is 1.00 bits per heavy atom. The molecular formula is C10H23NO. The predicted molar refractivity (Wildman–Crippen MR) is 53.5 cm³/mol. The molecule has 0 saturated heterocycles. The number of ether oxygens (including phenoxy) is 1. The number of unbranched alkanes of at least 4 members (excludes halogenated alkanes) is 4. The Morgan fingerprint density at radius 3 is 2.42 bits per heavy atom. The van der Waals surface area contributed by atoms with E-state index in [9.17, 15) is 0 Å². The molecule has 0 aliphatic carbocycles. The summed E-state index contributed by atoms with van der Waals surface area (Å²) in [6.07, 6.45) is 6.79. The van der Waals surface area contributed by atoms with E-state index in [0.717, 1.165) is 19.7 Å². The van der Waals surface area contributed by atoms with Crippen molar-refractivity contribution in [2.75, 3.05) is 26.8 Å². The molecule has 12 heavy (non-hydrogen) atoms. The summed E-state index contributed by atoms with van der Waals surface area (Å²) in [7, 11) is 1.74. The zero-order valence-corrected chi connectivity index (χ0v) is 8.57. The second kappa shape index (κ2) is 10.9. The molecule has 1 N–H and O–H groups in total. The minimum Gasteiger partial charge on any atom is -0.383 e. The fourth-order valence-corrected chi connectivity index (χ4v) is 1.15. The maximum atomic E-state index is 4.92. The number of methoxy groups -OCH3 is 1. The lowest BCUT2D eigenvalue weighted by molar-refractivity contribution is 0.199. The van der Waals surface area contributed by atoms with Gasteiger partial charge in [-0.15, -0.1) is 0 Å². The van der Waals surface area contributed by atoms with E-state index >= 15 is 0 Å². The summed E-state index contributed by atoms with van der Waals surface area (Å²) in [5, 5.41) is 3.34. The van der Waals surface area contributed by atoms with Gasteiger partial charge in [0.25, 0.3) is 0 Å². The number of hydrogen-bond acceptors (Lipinski definition) is 2. The number of rotatable bonds is 9. The molecule has 0 saturated carbocycles. The summed E-state index contributed by atoms with van der Waals surface area (Å²) in [5.41, 5.74) is 0. The third kappa shape index (κ3) is 9.92. The SMILES string of the molecule is CCCCCCCNCCOC. The van der Waals surface area contributed by atoms with Crippen molar-refractivity contribution in [3.8, 4) is 0 Å². The second-order valence-electron chi connectivity index (χ2n) is 3.16. The molecule has 0 bridgehead atoms. The molecule has 0 fully saturated rings. The first-order valence-electron chi connectivity index (χ1n) is 5.11. The van der Waals surface area contributed by atoms with E-state index in [0.29, 0.717) is 0 Å². The van der Waals surface area contributed by atoms with Crippen LogP contribution in [-0.4, -0.2) is 26.8 Å². The first-order chi connectivity index (χ1) is 5.91. The standard InChI is InChI=1S/C10H23NO/c1-3-4-5-6-7-8-11-9-10-12-2/h11H,3-10H2,1-2H3. The molecule has 0 amide bonds. The van der Waals surface area contributed by atoms with Crippen LogP contribution >= 0.6 is 0 Å². The first-order valence-corrected chi connectivity index (χ1v) is 5.11. The van der Waals surface area contributed by atoms with E-state index in [2.05, 4.69) is 12.2 Å². The molecule has 0 heterocycles.